The van der Waals surface area contributed by atoms with Gasteiger partial charge in [0.05, 0.1) is 23.8 Å². The predicted molar refractivity (Wildman–Crippen MR) is 81.2 cm³/mol. The SMILES string of the molecule is Cl.NC[C@H]1CCC[C@H]1C(=O)Nc1nc2c(s1)COCC2. The Balaban J connectivity index is 0.00000147. The number of amides is 1. The number of rotatable bonds is 3. The molecule has 1 saturated carbocycles. The van der Waals surface area contributed by atoms with Gasteiger partial charge in [-0.25, -0.2) is 4.98 Å². The van der Waals surface area contributed by atoms with E-state index in [1.807, 2.05) is 0 Å². The van der Waals surface area contributed by atoms with Crippen LogP contribution in [0.15, 0.2) is 0 Å². The van der Waals surface area contributed by atoms with Crippen LogP contribution in [0.3, 0.4) is 0 Å². The van der Waals surface area contributed by atoms with Crippen molar-refractivity contribution in [2.75, 3.05) is 18.5 Å². The standard InChI is InChI=1S/C13H19N3O2S.ClH/c14-6-8-2-1-3-9(8)12(17)16-13-15-10-4-5-18-7-11(10)19-13;/h8-9H,1-7,14H2,(H,15,16,17);1H/t8-,9-;/m1./s1. The van der Waals surface area contributed by atoms with E-state index in [1.165, 1.54) is 11.3 Å². The third-order valence-corrected chi connectivity index (χ3v) is 5.01. The van der Waals surface area contributed by atoms with Crippen molar-refractivity contribution in [3.63, 3.8) is 0 Å². The van der Waals surface area contributed by atoms with Crippen LogP contribution in [0, 0.1) is 11.8 Å². The molecule has 20 heavy (non-hydrogen) atoms. The molecular formula is C13H20ClN3O2S. The van der Waals surface area contributed by atoms with Crippen molar-refractivity contribution in [1.82, 2.24) is 4.98 Å². The molecule has 3 N–H and O–H groups in total. The molecule has 1 aliphatic heterocycles. The second-order valence-electron chi connectivity index (χ2n) is 5.21. The lowest BCUT2D eigenvalue weighted by atomic mass is 9.95. The van der Waals surface area contributed by atoms with Crippen LogP contribution in [-0.2, 0) is 22.6 Å². The minimum Gasteiger partial charge on any atom is -0.375 e. The summed E-state index contributed by atoms with van der Waals surface area (Å²) in [6.07, 6.45) is 3.96. The molecule has 2 heterocycles. The molecule has 1 aromatic heterocycles. The van der Waals surface area contributed by atoms with Crippen molar-refractivity contribution >= 4 is 34.8 Å². The number of aromatic nitrogens is 1. The van der Waals surface area contributed by atoms with E-state index in [0.717, 1.165) is 42.9 Å². The lowest BCUT2D eigenvalue weighted by Crippen LogP contribution is -2.29. The van der Waals surface area contributed by atoms with Crippen LogP contribution in [0.25, 0.3) is 0 Å². The van der Waals surface area contributed by atoms with Crippen LogP contribution in [0.2, 0.25) is 0 Å². The molecule has 0 radical (unpaired) electrons. The highest BCUT2D eigenvalue weighted by Gasteiger charge is 2.32. The van der Waals surface area contributed by atoms with Crippen LogP contribution < -0.4 is 11.1 Å². The molecule has 7 heteroatoms. The van der Waals surface area contributed by atoms with Gasteiger partial charge in [0.15, 0.2) is 5.13 Å². The fourth-order valence-corrected chi connectivity index (χ4v) is 3.89. The summed E-state index contributed by atoms with van der Waals surface area (Å²) in [5, 5.41) is 3.67. The Kier molecular flexibility index (Phi) is 5.37. The topological polar surface area (TPSA) is 77.2 Å². The van der Waals surface area contributed by atoms with Gasteiger partial charge in [-0.15, -0.1) is 12.4 Å². The maximum absolute atomic E-state index is 12.3. The summed E-state index contributed by atoms with van der Waals surface area (Å²) in [6, 6.07) is 0. The summed E-state index contributed by atoms with van der Waals surface area (Å²) in [5.41, 5.74) is 6.80. The minimum atomic E-state index is 0. The van der Waals surface area contributed by atoms with Gasteiger partial charge >= 0.3 is 0 Å². The zero-order valence-corrected chi connectivity index (χ0v) is 12.9. The average Bonchev–Trinajstić information content (AvgIpc) is 3.03. The number of carbonyl (C=O) groups excluding carboxylic acids is 1. The molecule has 0 bridgehead atoms. The van der Waals surface area contributed by atoms with Gasteiger partial charge in [-0.2, -0.15) is 0 Å². The maximum atomic E-state index is 12.3. The Hall–Kier alpha value is -0.690. The van der Waals surface area contributed by atoms with Crippen LogP contribution in [0.5, 0.6) is 0 Å². The Morgan fingerprint density at radius 3 is 3.10 bits per heavy atom. The van der Waals surface area contributed by atoms with Crippen molar-refractivity contribution < 1.29 is 9.53 Å². The molecule has 0 saturated heterocycles. The first-order valence-electron chi connectivity index (χ1n) is 6.85. The number of halogens is 1. The average molecular weight is 318 g/mol. The smallest absolute Gasteiger partial charge is 0.229 e. The Morgan fingerprint density at radius 1 is 1.50 bits per heavy atom. The van der Waals surface area contributed by atoms with Crippen molar-refractivity contribution in [2.45, 2.75) is 32.3 Å². The molecule has 1 aromatic rings. The van der Waals surface area contributed by atoms with Crippen molar-refractivity contribution in [1.29, 1.82) is 0 Å². The molecule has 0 spiro atoms. The summed E-state index contributed by atoms with van der Waals surface area (Å²) in [7, 11) is 0. The lowest BCUT2D eigenvalue weighted by molar-refractivity contribution is -0.120. The summed E-state index contributed by atoms with van der Waals surface area (Å²) in [6.45, 7) is 1.94. The van der Waals surface area contributed by atoms with Crippen molar-refractivity contribution in [2.24, 2.45) is 17.6 Å². The number of nitrogens with one attached hydrogen (secondary N) is 1. The van der Waals surface area contributed by atoms with Crippen molar-refractivity contribution in [3.05, 3.63) is 10.6 Å². The van der Waals surface area contributed by atoms with E-state index in [-0.39, 0.29) is 24.2 Å². The van der Waals surface area contributed by atoms with Gasteiger partial charge in [-0.3, -0.25) is 4.79 Å². The first-order chi connectivity index (χ1) is 9.28. The number of nitrogens with two attached hydrogens (primary N) is 1. The van der Waals surface area contributed by atoms with E-state index in [1.54, 1.807) is 0 Å². The first-order valence-corrected chi connectivity index (χ1v) is 7.67. The largest absolute Gasteiger partial charge is 0.375 e. The van der Waals surface area contributed by atoms with Gasteiger partial charge in [-0.05, 0) is 25.3 Å². The minimum absolute atomic E-state index is 0. The molecule has 0 unspecified atom stereocenters. The monoisotopic (exact) mass is 317 g/mol. The van der Waals surface area contributed by atoms with Crippen LogP contribution in [-0.4, -0.2) is 24.0 Å². The summed E-state index contributed by atoms with van der Waals surface area (Å²) < 4.78 is 5.39. The molecule has 112 valence electrons. The summed E-state index contributed by atoms with van der Waals surface area (Å²) in [4.78, 5) is 17.9. The molecular weight excluding hydrogens is 298 g/mol. The second-order valence-corrected chi connectivity index (χ2v) is 6.30. The lowest BCUT2D eigenvalue weighted by Gasteiger charge is -2.16. The van der Waals surface area contributed by atoms with Crippen LogP contribution in [0.4, 0.5) is 5.13 Å². The molecule has 3 rings (SSSR count). The highest BCUT2D eigenvalue weighted by Crippen LogP contribution is 2.33. The number of fused-ring (bicyclic) bond motifs is 1. The van der Waals surface area contributed by atoms with Gasteiger partial charge in [0.1, 0.15) is 0 Å². The third kappa shape index (κ3) is 3.14. The predicted octanol–water partition coefficient (Wildman–Crippen LogP) is 1.95. The van der Waals surface area contributed by atoms with Crippen LogP contribution in [0.1, 0.15) is 29.8 Å². The number of nitrogens with zero attached hydrogens (tertiary/aromatic N) is 1. The van der Waals surface area contributed by atoms with Gasteiger partial charge < -0.3 is 15.8 Å². The van der Waals surface area contributed by atoms with Gasteiger partial charge in [0.2, 0.25) is 5.91 Å². The number of ether oxygens (including phenoxy) is 1. The number of carbonyl (C=O) groups is 1. The zero-order valence-electron chi connectivity index (χ0n) is 11.3. The van der Waals surface area contributed by atoms with E-state index in [4.69, 9.17) is 10.5 Å². The highest BCUT2D eigenvalue weighted by molar-refractivity contribution is 7.15. The fraction of sp³-hybridized carbons (Fsp3) is 0.692. The van der Waals surface area contributed by atoms with E-state index in [9.17, 15) is 4.79 Å². The number of hydrogen-bond donors (Lipinski definition) is 2. The molecule has 2 atom stereocenters. The van der Waals surface area contributed by atoms with E-state index in [2.05, 4.69) is 10.3 Å². The molecule has 2 aliphatic rings. The van der Waals surface area contributed by atoms with E-state index >= 15 is 0 Å². The molecule has 1 aliphatic carbocycles. The van der Waals surface area contributed by atoms with Gasteiger partial charge in [0.25, 0.3) is 0 Å². The molecule has 0 aromatic carbocycles. The van der Waals surface area contributed by atoms with E-state index in [0.29, 0.717) is 24.2 Å². The first kappa shape index (κ1) is 15.7. The number of hydrogen-bond acceptors (Lipinski definition) is 5. The molecule has 5 nitrogen and oxygen atoms in total. The van der Waals surface area contributed by atoms with Gasteiger partial charge in [-0.1, -0.05) is 17.8 Å². The summed E-state index contributed by atoms with van der Waals surface area (Å²) in [5.74, 6) is 0.472. The maximum Gasteiger partial charge on any atom is 0.229 e. The zero-order chi connectivity index (χ0) is 13.2. The Labute approximate surface area is 128 Å². The third-order valence-electron chi connectivity index (χ3n) is 4.02. The van der Waals surface area contributed by atoms with Crippen molar-refractivity contribution in [3.8, 4) is 0 Å². The normalized spacial score (nSPS) is 24.9. The second kappa shape index (κ2) is 6.85. The number of anilines is 1. The quantitative estimate of drug-likeness (QED) is 0.893. The van der Waals surface area contributed by atoms with Crippen LogP contribution >= 0.6 is 23.7 Å². The summed E-state index contributed by atoms with van der Waals surface area (Å²) >= 11 is 1.53. The highest BCUT2D eigenvalue weighted by atomic mass is 35.5. The fourth-order valence-electron chi connectivity index (χ4n) is 2.94. The Bertz CT molecular complexity index is 457. The van der Waals surface area contributed by atoms with E-state index < -0.39 is 0 Å². The Morgan fingerprint density at radius 2 is 2.35 bits per heavy atom. The van der Waals surface area contributed by atoms with Gasteiger partial charge in [0, 0.05) is 12.3 Å². The molecule has 1 fully saturated rings. The molecule has 1 amide bonds. The number of thiazole rings is 1.